The number of pyridine rings is 1. The van der Waals surface area contributed by atoms with Crippen molar-refractivity contribution < 1.29 is 4.79 Å². The topological polar surface area (TPSA) is 42.0 Å². The van der Waals surface area contributed by atoms with Gasteiger partial charge in [0, 0.05) is 17.3 Å². The van der Waals surface area contributed by atoms with E-state index in [1.165, 1.54) is 0 Å². The van der Waals surface area contributed by atoms with Crippen LogP contribution in [0.4, 0.5) is 0 Å². The van der Waals surface area contributed by atoms with Crippen LogP contribution in [0.5, 0.6) is 0 Å². The summed E-state index contributed by atoms with van der Waals surface area (Å²) in [6.45, 7) is 4.06. The SMILES string of the molecule is CC(C)c1cc(C(=O)NC2CC=CC2)cc(Cl)n1. The third-order valence-electron chi connectivity index (χ3n) is 3.01. The summed E-state index contributed by atoms with van der Waals surface area (Å²) < 4.78 is 0. The minimum Gasteiger partial charge on any atom is -0.349 e. The van der Waals surface area contributed by atoms with Crippen LogP contribution < -0.4 is 5.32 Å². The van der Waals surface area contributed by atoms with Gasteiger partial charge in [-0.1, -0.05) is 37.6 Å². The highest BCUT2D eigenvalue weighted by molar-refractivity contribution is 6.29. The summed E-state index contributed by atoms with van der Waals surface area (Å²) in [6, 6.07) is 3.64. The first-order valence-corrected chi connectivity index (χ1v) is 6.57. The number of halogens is 1. The van der Waals surface area contributed by atoms with Crippen LogP contribution in [0.15, 0.2) is 24.3 Å². The highest BCUT2D eigenvalue weighted by Gasteiger charge is 2.16. The van der Waals surface area contributed by atoms with Crippen molar-refractivity contribution in [1.29, 1.82) is 0 Å². The molecule has 0 aromatic carbocycles. The molecule has 96 valence electrons. The average molecular weight is 265 g/mol. The maximum absolute atomic E-state index is 12.1. The van der Waals surface area contributed by atoms with Crippen LogP contribution in [0.2, 0.25) is 5.15 Å². The number of hydrogen-bond donors (Lipinski definition) is 1. The van der Waals surface area contributed by atoms with E-state index in [4.69, 9.17) is 11.6 Å². The van der Waals surface area contributed by atoms with Gasteiger partial charge in [-0.2, -0.15) is 0 Å². The van der Waals surface area contributed by atoms with Gasteiger partial charge in [0.05, 0.1) is 0 Å². The van der Waals surface area contributed by atoms with Gasteiger partial charge >= 0.3 is 0 Å². The molecule has 1 aliphatic carbocycles. The molecule has 0 fully saturated rings. The molecule has 1 aromatic heterocycles. The Morgan fingerprint density at radius 3 is 2.67 bits per heavy atom. The molecule has 0 spiro atoms. The Morgan fingerprint density at radius 1 is 1.39 bits per heavy atom. The number of carbonyl (C=O) groups excluding carboxylic acids is 1. The fourth-order valence-corrected chi connectivity index (χ4v) is 2.16. The molecule has 0 saturated carbocycles. The maximum atomic E-state index is 12.1. The molecular formula is C14H17ClN2O. The first-order chi connectivity index (χ1) is 8.56. The van der Waals surface area contributed by atoms with Crippen LogP contribution in [0.1, 0.15) is 48.7 Å². The highest BCUT2D eigenvalue weighted by Crippen LogP contribution is 2.18. The van der Waals surface area contributed by atoms with Gasteiger partial charge in [-0.3, -0.25) is 4.79 Å². The van der Waals surface area contributed by atoms with Gasteiger partial charge in [0.1, 0.15) is 5.15 Å². The predicted octanol–water partition coefficient (Wildman–Crippen LogP) is 3.31. The Morgan fingerprint density at radius 2 is 2.06 bits per heavy atom. The van der Waals surface area contributed by atoms with Crippen molar-refractivity contribution in [2.24, 2.45) is 0 Å². The van der Waals surface area contributed by atoms with Crippen molar-refractivity contribution in [1.82, 2.24) is 10.3 Å². The molecule has 0 unspecified atom stereocenters. The largest absolute Gasteiger partial charge is 0.349 e. The van der Waals surface area contributed by atoms with E-state index in [2.05, 4.69) is 22.5 Å². The van der Waals surface area contributed by atoms with Crippen molar-refractivity contribution in [3.8, 4) is 0 Å². The van der Waals surface area contributed by atoms with E-state index in [-0.39, 0.29) is 17.9 Å². The molecule has 1 aromatic rings. The minimum atomic E-state index is -0.0742. The number of hydrogen-bond acceptors (Lipinski definition) is 2. The number of aromatic nitrogens is 1. The Balaban J connectivity index is 2.13. The predicted molar refractivity (Wildman–Crippen MR) is 73.0 cm³/mol. The Hall–Kier alpha value is -1.35. The summed E-state index contributed by atoms with van der Waals surface area (Å²) in [6.07, 6.45) is 5.98. The zero-order valence-electron chi connectivity index (χ0n) is 10.6. The Labute approximate surface area is 112 Å². The van der Waals surface area contributed by atoms with E-state index in [9.17, 15) is 4.79 Å². The van der Waals surface area contributed by atoms with Gasteiger partial charge in [0.15, 0.2) is 0 Å². The van der Waals surface area contributed by atoms with E-state index in [0.29, 0.717) is 10.7 Å². The second-order valence-electron chi connectivity index (χ2n) is 4.87. The van der Waals surface area contributed by atoms with Crippen LogP contribution in [0.25, 0.3) is 0 Å². The molecular weight excluding hydrogens is 248 g/mol. The molecule has 18 heavy (non-hydrogen) atoms. The lowest BCUT2D eigenvalue weighted by Crippen LogP contribution is -2.32. The van der Waals surface area contributed by atoms with Gasteiger partial charge in [-0.25, -0.2) is 4.98 Å². The smallest absolute Gasteiger partial charge is 0.251 e. The lowest BCUT2D eigenvalue weighted by Gasteiger charge is -2.13. The van der Waals surface area contributed by atoms with Gasteiger partial charge in [-0.15, -0.1) is 0 Å². The molecule has 0 radical (unpaired) electrons. The minimum absolute atomic E-state index is 0.0742. The molecule has 4 heteroatoms. The molecule has 0 atom stereocenters. The zero-order valence-corrected chi connectivity index (χ0v) is 11.4. The van der Waals surface area contributed by atoms with Crippen LogP contribution in [-0.2, 0) is 0 Å². The lowest BCUT2D eigenvalue weighted by molar-refractivity contribution is 0.0938. The van der Waals surface area contributed by atoms with Crippen LogP contribution in [0.3, 0.4) is 0 Å². The second-order valence-corrected chi connectivity index (χ2v) is 5.26. The van der Waals surface area contributed by atoms with Crippen molar-refractivity contribution in [2.75, 3.05) is 0 Å². The maximum Gasteiger partial charge on any atom is 0.251 e. The standard InChI is InChI=1S/C14H17ClN2O/c1-9(2)12-7-10(8-13(15)17-12)14(18)16-11-5-3-4-6-11/h3-4,7-9,11H,5-6H2,1-2H3,(H,16,18). The molecule has 1 heterocycles. The number of nitrogens with zero attached hydrogens (tertiary/aromatic N) is 1. The number of amides is 1. The molecule has 1 N–H and O–H groups in total. The highest BCUT2D eigenvalue weighted by atomic mass is 35.5. The fraction of sp³-hybridized carbons (Fsp3) is 0.429. The third kappa shape index (κ3) is 3.10. The van der Waals surface area contributed by atoms with Gasteiger partial charge in [0.25, 0.3) is 5.91 Å². The van der Waals surface area contributed by atoms with Gasteiger partial charge < -0.3 is 5.32 Å². The summed E-state index contributed by atoms with van der Waals surface area (Å²) in [5, 5.41) is 3.37. The molecule has 3 nitrogen and oxygen atoms in total. The normalized spacial score (nSPS) is 15.3. The molecule has 0 bridgehead atoms. The number of rotatable bonds is 3. The van der Waals surface area contributed by atoms with E-state index >= 15 is 0 Å². The van der Waals surface area contributed by atoms with E-state index < -0.39 is 0 Å². The summed E-state index contributed by atoms with van der Waals surface area (Å²) in [5.41, 5.74) is 1.43. The van der Waals surface area contributed by atoms with E-state index in [0.717, 1.165) is 18.5 Å². The first kappa shape index (κ1) is 13.1. The third-order valence-corrected chi connectivity index (χ3v) is 3.20. The van der Waals surface area contributed by atoms with Crippen molar-refractivity contribution >= 4 is 17.5 Å². The van der Waals surface area contributed by atoms with Crippen LogP contribution >= 0.6 is 11.6 Å². The Kier molecular flexibility index (Phi) is 4.02. The summed E-state index contributed by atoms with van der Waals surface area (Å²) in [4.78, 5) is 16.3. The Bertz CT molecular complexity index is 475. The molecule has 0 saturated heterocycles. The molecule has 1 aliphatic rings. The number of carbonyl (C=O) groups is 1. The van der Waals surface area contributed by atoms with Crippen LogP contribution in [0, 0.1) is 0 Å². The summed E-state index contributed by atoms with van der Waals surface area (Å²) in [7, 11) is 0. The molecule has 0 aliphatic heterocycles. The van der Waals surface area contributed by atoms with Crippen molar-refractivity contribution in [2.45, 2.75) is 38.6 Å². The quantitative estimate of drug-likeness (QED) is 0.672. The monoisotopic (exact) mass is 264 g/mol. The summed E-state index contributed by atoms with van der Waals surface area (Å²) in [5.74, 6) is 0.179. The number of nitrogens with one attached hydrogen (secondary N) is 1. The fourth-order valence-electron chi connectivity index (χ4n) is 1.95. The lowest BCUT2D eigenvalue weighted by atomic mass is 10.1. The van der Waals surface area contributed by atoms with Gasteiger partial charge in [0.2, 0.25) is 0 Å². The zero-order chi connectivity index (χ0) is 13.1. The van der Waals surface area contributed by atoms with Gasteiger partial charge in [-0.05, 0) is 30.9 Å². The second kappa shape index (κ2) is 5.53. The van der Waals surface area contributed by atoms with E-state index in [1.807, 2.05) is 19.9 Å². The van der Waals surface area contributed by atoms with Crippen molar-refractivity contribution in [3.63, 3.8) is 0 Å². The summed E-state index contributed by atoms with van der Waals surface area (Å²) >= 11 is 5.95. The van der Waals surface area contributed by atoms with Crippen molar-refractivity contribution in [3.05, 3.63) is 40.7 Å². The molecule has 1 amide bonds. The van der Waals surface area contributed by atoms with E-state index in [1.54, 1.807) is 6.07 Å². The van der Waals surface area contributed by atoms with Crippen LogP contribution in [-0.4, -0.2) is 16.9 Å². The average Bonchev–Trinajstić information content (AvgIpc) is 2.80. The molecule has 2 rings (SSSR count). The first-order valence-electron chi connectivity index (χ1n) is 6.19.